The summed E-state index contributed by atoms with van der Waals surface area (Å²) in [7, 11) is 0. The molecule has 2 nitrogen and oxygen atoms in total. The molecule has 20 heavy (non-hydrogen) atoms. The Morgan fingerprint density at radius 2 is 1.75 bits per heavy atom. The molecule has 3 aromatic rings. The molecule has 2 heterocycles. The molecule has 5 heteroatoms. The molecule has 102 valence electrons. The Bertz CT molecular complexity index is 711. The number of hydrogen-bond acceptors (Lipinski definition) is 1. The lowest BCUT2D eigenvalue weighted by Crippen LogP contribution is -2.09. The number of rotatable bonds is 2. The van der Waals surface area contributed by atoms with Crippen molar-refractivity contribution >= 4 is 5.65 Å². The Balaban J connectivity index is 1.99. The fourth-order valence-electron chi connectivity index (χ4n) is 2.22. The van der Waals surface area contributed by atoms with Gasteiger partial charge in [-0.25, -0.2) is 4.98 Å². The fraction of sp³-hybridized carbons (Fsp3) is 0.133. The second kappa shape index (κ2) is 4.67. The fourth-order valence-corrected chi connectivity index (χ4v) is 2.22. The van der Waals surface area contributed by atoms with Gasteiger partial charge in [0.05, 0.1) is 11.3 Å². The topological polar surface area (TPSA) is 17.3 Å². The highest BCUT2D eigenvalue weighted by atomic mass is 19.4. The zero-order valence-electron chi connectivity index (χ0n) is 10.4. The first-order valence-corrected chi connectivity index (χ1v) is 6.12. The van der Waals surface area contributed by atoms with Gasteiger partial charge in [0.25, 0.3) is 0 Å². The predicted octanol–water partition coefficient (Wildman–Crippen LogP) is 3.94. The van der Waals surface area contributed by atoms with Gasteiger partial charge in [-0.2, -0.15) is 13.2 Å². The number of halogens is 3. The van der Waals surface area contributed by atoms with Gasteiger partial charge in [0.1, 0.15) is 5.65 Å². The van der Waals surface area contributed by atoms with Gasteiger partial charge >= 0.3 is 6.18 Å². The van der Waals surface area contributed by atoms with Crippen molar-refractivity contribution in [1.29, 1.82) is 0 Å². The van der Waals surface area contributed by atoms with Crippen molar-refractivity contribution in [2.45, 2.75) is 12.6 Å². The number of pyridine rings is 1. The van der Waals surface area contributed by atoms with Crippen LogP contribution in [0.4, 0.5) is 13.2 Å². The summed E-state index contributed by atoms with van der Waals surface area (Å²) in [6.45, 7) is 0. The largest absolute Gasteiger partial charge is 0.416 e. The maximum Gasteiger partial charge on any atom is 0.416 e. The minimum absolute atomic E-state index is 0.164. The number of benzene rings is 1. The van der Waals surface area contributed by atoms with Crippen molar-refractivity contribution in [3.05, 3.63) is 71.7 Å². The normalized spacial score (nSPS) is 11.9. The Labute approximate surface area is 113 Å². The first-order chi connectivity index (χ1) is 9.54. The second-order valence-corrected chi connectivity index (χ2v) is 4.53. The van der Waals surface area contributed by atoms with Crippen LogP contribution >= 0.6 is 0 Å². The number of hydrogen-bond donors (Lipinski definition) is 0. The molecule has 1 aromatic carbocycles. The van der Waals surface area contributed by atoms with Gasteiger partial charge in [0.2, 0.25) is 0 Å². The van der Waals surface area contributed by atoms with Crippen molar-refractivity contribution in [3.8, 4) is 0 Å². The molecule has 0 atom stereocenters. The Morgan fingerprint density at radius 1 is 1.00 bits per heavy atom. The van der Waals surface area contributed by atoms with Crippen LogP contribution in [0, 0.1) is 0 Å². The molecule has 0 fully saturated rings. The monoisotopic (exact) mass is 276 g/mol. The number of nitrogens with zero attached hydrogens (tertiary/aromatic N) is 2. The molecular weight excluding hydrogens is 265 g/mol. The summed E-state index contributed by atoms with van der Waals surface area (Å²) in [6, 6.07) is 11.1. The third-order valence-corrected chi connectivity index (χ3v) is 3.11. The zero-order valence-corrected chi connectivity index (χ0v) is 10.4. The van der Waals surface area contributed by atoms with Crippen LogP contribution < -0.4 is 0 Å². The molecule has 0 saturated carbocycles. The Hall–Kier alpha value is -2.30. The van der Waals surface area contributed by atoms with Crippen LogP contribution in [0.15, 0.2) is 54.9 Å². The quantitative estimate of drug-likeness (QED) is 0.693. The minimum atomic E-state index is -4.34. The third-order valence-electron chi connectivity index (χ3n) is 3.11. The maximum absolute atomic E-state index is 12.9. The molecule has 0 unspecified atom stereocenters. The summed E-state index contributed by atoms with van der Waals surface area (Å²) in [4.78, 5) is 4.33. The summed E-state index contributed by atoms with van der Waals surface area (Å²) in [5.41, 5.74) is 0.986. The van der Waals surface area contributed by atoms with E-state index >= 15 is 0 Å². The van der Waals surface area contributed by atoms with E-state index in [1.54, 1.807) is 16.7 Å². The highest BCUT2D eigenvalue weighted by Crippen LogP contribution is 2.32. The predicted molar refractivity (Wildman–Crippen MR) is 69.4 cm³/mol. The van der Waals surface area contributed by atoms with E-state index in [0.29, 0.717) is 5.69 Å². The molecule has 0 amide bonds. The zero-order chi connectivity index (χ0) is 14.2. The first-order valence-electron chi connectivity index (χ1n) is 6.12. The van der Waals surface area contributed by atoms with Crippen molar-refractivity contribution < 1.29 is 13.2 Å². The van der Waals surface area contributed by atoms with Crippen LogP contribution in [0.25, 0.3) is 5.65 Å². The third kappa shape index (κ3) is 2.39. The average Bonchev–Trinajstić information content (AvgIpc) is 2.80. The number of fused-ring (bicyclic) bond motifs is 1. The van der Waals surface area contributed by atoms with Crippen LogP contribution in [0.1, 0.15) is 16.8 Å². The lowest BCUT2D eigenvalue weighted by Gasteiger charge is -2.11. The molecule has 0 aliphatic carbocycles. The smallest absolute Gasteiger partial charge is 0.307 e. The molecule has 0 aliphatic rings. The molecule has 0 saturated heterocycles. The van der Waals surface area contributed by atoms with Crippen LogP contribution in [0.2, 0.25) is 0 Å². The van der Waals surface area contributed by atoms with Gasteiger partial charge in [-0.05, 0) is 23.8 Å². The number of aromatic nitrogens is 2. The molecule has 0 radical (unpaired) electrons. The number of imidazole rings is 1. The highest BCUT2D eigenvalue weighted by Gasteiger charge is 2.32. The van der Waals surface area contributed by atoms with Crippen LogP contribution in [-0.2, 0) is 12.6 Å². The Kier molecular flexibility index (Phi) is 2.97. The molecule has 0 aliphatic heterocycles. The second-order valence-electron chi connectivity index (χ2n) is 4.53. The molecular formula is C15H11F3N2. The van der Waals surface area contributed by atoms with Crippen LogP contribution in [0.5, 0.6) is 0 Å². The average molecular weight is 276 g/mol. The van der Waals surface area contributed by atoms with E-state index in [-0.39, 0.29) is 12.0 Å². The summed E-state index contributed by atoms with van der Waals surface area (Å²) >= 11 is 0. The van der Waals surface area contributed by atoms with Crippen molar-refractivity contribution in [1.82, 2.24) is 9.38 Å². The van der Waals surface area contributed by atoms with Gasteiger partial charge in [-0.1, -0.05) is 24.3 Å². The molecule has 2 aromatic heterocycles. The van der Waals surface area contributed by atoms with E-state index in [1.165, 1.54) is 12.1 Å². The number of alkyl halides is 3. The van der Waals surface area contributed by atoms with Gasteiger partial charge in [0, 0.05) is 18.8 Å². The molecule has 3 rings (SSSR count). The standard InChI is InChI=1S/C15H11F3N2/c16-15(17,18)13-6-2-1-5-11(13)9-12-10-20-8-4-3-7-14(20)19-12/h1-8,10H,9H2. The lowest BCUT2D eigenvalue weighted by molar-refractivity contribution is -0.138. The maximum atomic E-state index is 12.9. The van der Waals surface area contributed by atoms with E-state index in [2.05, 4.69) is 4.98 Å². The molecule has 0 N–H and O–H groups in total. The van der Waals surface area contributed by atoms with Crippen LogP contribution in [0.3, 0.4) is 0 Å². The van der Waals surface area contributed by atoms with Gasteiger partial charge < -0.3 is 4.40 Å². The van der Waals surface area contributed by atoms with Gasteiger partial charge in [0.15, 0.2) is 0 Å². The molecule has 0 spiro atoms. The summed E-state index contributed by atoms with van der Waals surface area (Å²) in [6.07, 6.45) is -0.600. The van der Waals surface area contributed by atoms with E-state index < -0.39 is 11.7 Å². The molecule has 0 bridgehead atoms. The first kappa shape index (κ1) is 12.7. The highest BCUT2D eigenvalue weighted by molar-refractivity contribution is 5.41. The van der Waals surface area contributed by atoms with Crippen molar-refractivity contribution in [2.24, 2.45) is 0 Å². The minimum Gasteiger partial charge on any atom is -0.307 e. The van der Waals surface area contributed by atoms with E-state index in [0.717, 1.165) is 11.7 Å². The van der Waals surface area contributed by atoms with Crippen LogP contribution in [-0.4, -0.2) is 9.38 Å². The van der Waals surface area contributed by atoms with E-state index in [4.69, 9.17) is 0 Å². The van der Waals surface area contributed by atoms with E-state index in [9.17, 15) is 13.2 Å². The summed E-state index contributed by atoms with van der Waals surface area (Å²) in [5, 5.41) is 0. The Morgan fingerprint density at radius 3 is 2.50 bits per heavy atom. The van der Waals surface area contributed by atoms with Gasteiger partial charge in [-0.3, -0.25) is 0 Å². The van der Waals surface area contributed by atoms with Crippen molar-refractivity contribution in [2.75, 3.05) is 0 Å². The van der Waals surface area contributed by atoms with Crippen molar-refractivity contribution in [3.63, 3.8) is 0 Å². The van der Waals surface area contributed by atoms with E-state index in [1.807, 2.05) is 24.4 Å². The lowest BCUT2D eigenvalue weighted by atomic mass is 10.0. The summed E-state index contributed by atoms with van der Waals surface area (Å²) < 4.78 is 40.6. The summed E-state index contributed by atoms with van der Waals surface area (Å²) in [5.74, 6) is 0. The SMILES string of the molecule is FC(F)(F)c1ccccc1Cc1cn2ccccc2n1. The van der Waals surface area contributed by atoms with Gasteiger partial charge in [-0.15, -0.1) is 0 Å².